The average Bonchev–Trinajstić information content (AvgIpc) is 3.46. The van der Waals surface area contributed by atoms with Crippen molar-refractivity contribution in [2.75, 3.05) is 0 Å². The second-order valence-electron chi connectivity index (χ2n) is 14.7. The van der Waals surface area contributed by atoms with E-state index >= 15 is 0 Å². The minimum absolute atomic E-state index is 0.339. The first-order valence-corrected chi connectivity index (χ1v) is 18.5. The van der Waals surface area contributed by atoms with Gasteiger partial charge in [0.2, 0.25) is 0 Å². The maximum atomic E-state index is 10.0. The van der Waals surface area contributed by atoms with Gasteiger partial charge in [0.05, 0.1) is 11.6 Å². The lowest BCUT2D eigenvalue weighted by Crippen LogP contribution is -2.16. The first-order valence-electron chi connectivity index (χ1n) is 18.5. The molecule has 0 N–H and O–H groups in total. The molecule has 5 heteroatoms. The molecule has 0 radical (unpaired) electrons. The molecule has 6 aromatic carbocycles. The Labute approximate surface area is 321 Å². The molecule has 0 unspecified atom stereocenters. The number of hydrogen-bond donors (Lipinski definition) is 0. The van der Waals surface area contributed by atoms with E-state index in [1.807, 2.05) is 55.5 Å². The molecule has 0 atom stereocenters. The molecule has 1 aliphatic carbocycles. The van der Waals surface area contributed by atoms with Crippen molar-refractivity contribution in [1.82, 2.24) is 19.9 Å². The maximum absolute atomic E-state index is 10.0. The van der Waals surface area contributed by atoms with Crippen molar-refractivity contribution >= 4 is 0 Å². The molecule has 2 heterocycles. The van der Waals surface area contributed by atoms with E-state index in [0.29, 0.717) is 17.5 Å². The van der Waals surface area contributed by atoms with Crippen molar-refractivity contribution < 1.29 is 0 Å². The van der Waals surface area contributed by atoms with Gasteiger partial charge in [-0.15, -0.1) is 0 Å². The molecule has 55 heavy (non-hydrogen) atoms. The number of rotatable bonds is 6. The first kappa shape index (κ1) is 33.8. The van der Waals surface area contributed by atoms with Gasteiger partial charge >= 0.3 is 0 Å². The lowest BCUT2D eigenvalue weighted by molar-refractivity contribution is 0.658. The van der Waals surface area contributed by atoms with Crippen LogP contribution >= 0.6 is 0 Å². The lowest BCUT2D eigenvalue weighted by Gasteiger charge is -2.23. The fourth-order valence-electron chi connectivity index (χ4n) is 8.02. The molecule has 2 aromatic heterocycles. The Morgan fingerprint density at radius 3 is 1.65 bits per heavy atom. The molecule has 9 rings (SSSR count). The summed E-state index contributed by atoms with van der Waals surface area (Å²) in [7, 11) is 0. The molecule has 0 fully saturated rings. The Balaban J connectivity index is 1.23. The van der Waals surface area contributed by atoms with Gasteiger partial charge in [-0.2, -0.15) is 5.26 Å². The average molecular weight is 708 g/mol. The molecule has 0 aliphatic heterocycles. The summed E-state index contributed by atoms with van der Waals surface area (Å²) in [5.74, 6) is 1.80. The van der Waals surface area contributed by atoms with E-state index in [9.17, 15) is 5.26 Å². The SMILES string of the molecule is Cc1ccc(-c2cc(-c3ccc4c(c3)C(C)(C)c3c(C#N)cccc3-4)cc(-c3nc(-c4ccccc4)nc(-c4ccc(-c5ccccc5)cc4)n3)c2)c(C)n1. The Bertz CT molecular complexity index is 2800. The van der Waals surface area contributed by atoms with Gasteiger partial charge in [-0.1, -0.05) is 129 Å². The second kappa shape index (κ2) is 13.4. The molecule has 0 saturated heterocycles. The lowest BCUT2D eigenvalue weighted by atomic mass is 9.79. The smallest absolute Gasteiger partial charge is 0.164 e. The summed E-state index contributed by atoms with van der Waals surface area (Å²) in [5.41, 5.74) is 16.1. The van der Waals surface area contributed by atoms with Crippen molar-refractivity contribution in [2.45, 2.75) is 33.1 Å². The van der Waals surface area contributed by atoms with Gasteiger partial charge in [0, 0.05) is 39.1 Å². The van der Waals surface area contributed by atoms with Crippen molar-refractivity contribution in [1.29, 1.82) is 5.26 Å². The van der Waals surface area contributed by atoms with Crippen LogP contribution in [-0.4, -0.2) is 19.9 Å². The monoisotopic (exact) mass is 707 g/mol. The quantitative estimate of drug-likeness (QED) is 0.172. The molecular weight excluding hydrogens is 671 g/mol. The predicted octanol–water partition coefficient (Wildman–Crippen LogP) is 12.1. The fourth-order valence-corrected chi connectivity index (χ4v) is 8.02. The molecule has 0 saturated carbocycles. The van der Waals surface area contributed by atoms with Crippen LogP contribution in [-0.2, 0) is 5.41 Å². The maximum Gasteiger partial charge on any atom is 0.164 e. The first-order chi connectivity index (χ1) is 26.8. The van der Waals surface area contributed by atoms with E-state index in [-0.39, 0.29) is 5.41 Å². The van der Waals surface area contributed by atoms with Crippen LogP contribution < -0.4 is 0 Å². The third-order valence-electron chi connectivity index (χ3n) is 10.8. The third-order valence-corrected chi connectivity index (χ3v) is 10.8. The molecule has 1 aliphatic rings. The van der Waals surface area contributed by atoms with Crippen LogP contribution in [0, 0.1) is 25.2 Å². The Morgan fingerprint density at radius 2 is 0.982 bits per heavy atom. The summed E-state index contributed by atoms with van der Waals surface area (Å²) in [4.78, 5) is 20.1. The Hall–Kier alpha value is -7.03. The van der Waals surface area contributed by atoms with Crippen LogP contribution in [0.2, 0.25) is 0 Å². The number of aromatic nitrogens is 4. The van der Waals surface area contributed by atoms with Crippen LogP contribution in [0.25, 0.3) is 78.7 Å². The Kier molecular flexibility index (Phi) is 8.25. The van der Waals surface area contributed by atoms with E-state index in [4.69, 9.17) is 19.9 Å². The van der Waals surface area contributed by atoms with Crippen molar-refractivity contribution in [3.05, 3.63) is 180 Å². The minimum Gasteiger partial charge on any atom is -0.258 e. The largest absolute Gasteiger partial charge is 0.258 e. The van der Waals surface area contributed by atoms with E-state index in [2.05, 4.69) is 130 Å². The van der Waals surface area contributed by atoms with Gasteiger partial charge < -0.3 is 0 Å². The number of fused-ring (bicyclic) bond motifs is 3. The number of hydrogen-bond acceptors (Lipinski definition) is 5. The van der Waals surface area contributed by atoms with Crippen molar-refractivity contribution in [3.63, 3.8) is 0 Å². The van der Waals surface area contributed by atoms with Gasteiger partial charge in [0.1, 0.15) is 0 Å². The van der Waals surface area contributed by atoms with Crippen LogP contribution in [0.15, 0.2) is 152 Å². The highest BCUT2D eigenvalue weighted by molar-refractivity contribution is 5.87. The third kappa shape index (κ3) is 6.08. The molecule has 0 bridgehead atoms. The zero-order valence-electron chi connectivity index (χ0n) is 31.2. The summed E-state index contributed by atoms with van der Waals surface area (Å²) in [5, 5.41) is 10.0. The second-order valence-corrected chi connectivity index (χ2v) is 14.7. The normalized spacial score (nSPS) is 12.5. The van der Waals surface area contributed by atoms with Gasteiger partial charge in [-0.05, 0) is 100 Å². The number of pyridine rings is 1. The molecule has 0 amide bonds. The highest BCUT2D eigenvalue weighted by Gasteiger charge is 2.37. The van der Waals surface area contributed by atoms with Gasteiger partial charge in [0.25, 0.3) is 0 Å². The van der Waals surface area contributed by atoms with E-state index in [1.165, 1.54) is 11.1 Å². The summed E-state index contributed by atoms with van der Waals surface area (Å²) in [6.45, 7) is 8.51. The molecule has 0 spiro atoms. The standard InChI is InChI=1S/C50H37N5/c1-31-18-24-42(32(2)52-31)40-26-39(37-23-25-43-44-17-11-16-38(30-51)46(44)50(3,4)45(43)29-37)27-41(28-40)49-54-47(35-14-9-6-10-15-35)53-48(55-49)36-21-19-34(20-22-36)33-12-7-5-8-13-33/h5-29H,1-4H3. The highest BCUT2D eigenvalue weighted by Crippen LogP contribution is 2.51. The van der Waals surface area contributed by atoms with E-state index in [0.717, 1.165) is 78.1 Å². The van der Waals surface area contributed by atoms with Crippen LogP contribution in [0.1, 0.15) is 41.9 Å². The number of nitriles is 1. The highest BCUT2D eigenvalue weighted by atomic mass is 15.0. The van der Waals surface area contributed by atoms with E-state index in [1.54, 1.807) is 0 Å². The van der Waals surface area contributed by atoms with Gasteiger partial charge in [-0.25, -0.2) is 15.0 Å². The zero-order valence-corrected chi connectivity index (χ0v) is 31.2. The van der Waals surface area contributed by atoms with Crippen LogP contribution in [0.3, 0.4) is 0 Å². The fraction of sp³-hybridized carbons (Fsp3) is 0.100. The van der Waals surface area contributed by atoms with Crippen LogP contribution in [0.4, 0.5) is 0 Å². The van der Waals surface area contributed by atoms with Crippen molar-refractivity contribution in [2.24, 2.45) is 0 Å². The van der Waals surface area contributed by atoms with Gasteiger partial charge in [0.15, 0.2) is 17.5 Å². The summed E-state index contributed by atoms with van der Waals surface area (Å²) < 4.78 is 0. The summed E-state index contributed by atoms with van der Waals surface area (Å²) in [6, 6.07) is 54.8. The zero-order chi connectivity index (χ0) is 37.7. The van der Waals surface area contributed by atoms with Gasteiger partial charge in [-0.3, -0.25) is 4.98 Å². The number of aryl methyl sites for hydroxylation is 2. The summed E-state index contributed by atoms with van der Waals surface area (Å²) >= 11 is 0. The predicted molar refractivity (Wildman–Crippen MR) is 222 cm³/mol. The van der Waals surface area contributed by atoms with Crippen molar-refractivity contribution in [3.8, 4) is 84.7 Å². The molecule has 8 aromatic rings. The van der Waals surface area contributed by atoms with E-state index < -0.39 is 0 Å². The molecule has 5 nitrogen and oxygen atoms in total. The minimum atomic E-state index is -0.339. The number of nitrogens with zero attached hydrogens (tertiary/aromatic N) is 5. The summed E-state index contributed by atoms with van der Waals surface area (Å²) in [6.07, 6.45) is 0. The molecule has 262 valence electrons. The topological polar surface area (TPSA) is 75.3 Å². The van der Waals surface area contributed by atoms with Crippen LogP contribution in [0.5, 0.6) is 0 Å². The Morgan fingerprint density at radius 1 is 0.436 bits per heavy atom. The number of benzene rings is 6. The molecular formula is C50H37N5.